The van der Waals surface area contributed by atoms with Crippen LogP contribution in [0.5, 0.6) is 0 Å². The van der Waals surface area contributed by atoms with E-state index in [-0.39, 0.29) is 12.3 Å². The first-order valence-corrected chi connectivity index (χ1v) is 7.20. The van der Waals surface area contributed by atoms with E-state index < -0.39 is 17.6 Å². The fourth-order valence-electron chi connectivity index (χ4n) is 2.92. The minimum Gasteiger partial charge on any atom is -0.480 e. The lowest BCUT2D eigenvalue weighted by molar-refractivity contribution is -0.143. The molecular weight excluding hydrogens is 272 g/mol. The Kier molecular flexibility index (Phi) is 4.62. The summed E-state index contributed by atoms with van der Waals surface area (Å²) in [5.74, 6) is -1.07. The average Bonchev–Trinajstić information content (AvgIpc) is 2.90. The number of aromatic amines is 1. The normalized spacial score (nSPS) is 27.0. The van der Waals surface area contributed by atoms with Crippen LogP contribution in [0.15, 0.2) is 12.5 Å². The topological polar surface area (TPSA) is 121 Å². The predicted octanol–water partition coefficient (Wildman–Crippen LogP) is 0.429. The summed E-state index contributed by atoms with van der Waals surface area (Å²) >= 11 is 0. The Balaban J connectivity index is 2.02. The zero-order chi connectivity index (χ0) is 15.5. The summed E-state index contributed by atoms with van der Waals surface area (Å²) in [5, 5.41) is 11.8. The van der Waals surface area contributed by atoms with Crippen LogP contribution in [0.1, 0.15) is 38.3 Å². The molecule has 21 heavy (non-hydrogen) atoms. The molecule has 1 aliphatic rings. The monoisotopic (exact) mass is 294 g/mol. The maximum absolute atomic E-state index is 12.4. The Morgan fingerprint density at radius 3 is 3.00 bits per heavy atom. The van der Waals surface area contributed by atoms with Crippen LogP contribution >= 0.6 is 0 Å². The highest BCUT2D eigenvalue weighted by Gasteiger charge is 2.39. The van der Waals surface area contributed by atoms with Crippen LogP contribution in [0, 0.1) is 5.92 Å². The number of imidazole rings is 1. The Labute approximate surface area is 123 Å². The molecule has 0 aliphatic heterocycles. The lowest BCUT2D eigenvalue weighted by Crippen LogP contribution is -2.59. The fraction of sp³-hybridized carbons (Fsp3) is 0.643. The van der Waals surface area contributed by atoms with Crippen molar-refractivity contribution in [1.82, 2.24) is 15.3 Å². The van der Waals surface area contributed by atoms with Crippen molar-refractivity contribution in [2.75, 3.05) is 0 Å². The van der Waals surface area contributed by atoms with Crippen LogP contribution in [0.3, 0.4) is 0 Å². The predicted molar refractivity (Wildman–Crippen MR) is 76.4 cm³/mol. The number of nitrogens with two attached hydrogens (primary N) is 1. The summed E-state index contributed by atoms with van der Waals surface area (Å²) in [7, 11) is 0. The van der Waals surface area contributed by atoms with Crippen molar-refractivity contribution in [2.45, 2.75) is 50.6 Å². The highest BCUT2D eigenvalue weighted by molar-refractivity contribution is 5.90. The van der Waals surface area contributed by atoms with Gasteiger partial charge in [-0.15, -0.1) is 0 Å². The van der Waals surface area contributed by atoms with Crippen LogP contribution < -0.4 is 11.1 Å². The number of carbonyl (C=O) groups is 2. The van der Waals surface area contributed by atoms with Crippen LogP contribution in [-0.2, 0) is 16.0 Å². The second-order valence-corrected chi connectivity index (χ2v) is 6.00. The van der Waals surface area contributed by atoms with E-state index in [0.29, 0.717) is 24.5 Å². The number of rotatable bonds is 5. The fourth-order valence-corrected chi connectivity index (χ4v) is 2.92. The molecule has 0 saturated heterocycles. The smallest absolute Gasteiger partial charge is 0.326 e. The van der Waals surface area contributed by atoms with Gasteiger partial charge in [0.15, 0.2) is 0 Å². The summed E-state index contributed by atoms with van der Waals surface area (Å²) < 4.78 is 0. The van der Waals surface area contributed by atoms with Crippen molar-refractivity contribution in [3.8, 4) is 0 Å². The molecule has 1 heterocycles. The molecule has 0 aromatic carbocycles. The minimum absolute atomic E-state index is 0.159. The summed E-state index contributed by atoms with van der Waals surface area (Å²) in [4.78, 5) is 30.4. The van der Waals surface area contributed by atoms with Gasteiger partial charge < -0.3 is 21.1 Å². The van der Waals surface area contributed by atoms with Gasteiger partial charge in [-0.3, -0.25) is 4.79 Å². The highest BCUT2D eigenvalue weighted by Crippen LogP contribution is 2.30. The van der Waals surface area contributed by atoms with E-state index in [9.17, 15) is 14.7 Å². The molecule has 1 aromatic rings. The molecule has 1 aliphatic carbocycles. The van der Waals surface area contributed by atoms with E-state index in [1.807, 2.05) is 0 Å². The number of amides is 1. The van der Waals surface area contributed by atoms with Crippen LogP contribution in [0.2, 0.25) is 0 Å². The van der Waals surface area contributed by atoms with E-state index in [2.05, 4.69) is 22.2 Å². The maximum Gasteiger partial charge on any atom is 0.326 e. The number of carboxylic acids is 1. The molecule has 116 valence electrons. The van der Waals surface area contributed by atoms with E-state index >= 15 is 0 Å². The Bertz CT molecular complexity index is 502. The zero-order valence-corrected chi connectivity index (χ0v) is 12.1. The molecule has 7 heteroatoms. The number of aromatic nitrogens is 2. The quantitative estimate of drug-likeness (QED) is 0.627. The minimum atomic E-state index is -1.08. The van der Waals surface area contributed by atoms with E-state index in [1.165, 1.54) is 6.33 Å². The summed E-state index contributed by atoms with van der Waals surface area (Å²) in [5.41, 5.74) is 5.89. The molecule has 3 atom stereocenters. The average molecular weight is 294 g/mol. The maximum atomic E-state index is 12.4. The van der Waals surface area contributed by atoms with Gasteiger partial charge >= 0.3 is 5.97 Å². The van der Waals surface area contributed by atoms with Crippen LogP contribution in [0.25, 0.3) is 0 Å². The van der Waals surface area contributed by atoms with E-state index in [1.54, 1.807) is 6.20 Å². The molecule has 7 nitrogen and oxygen atoms in total. The lowest BCUT2D eigenvalue weighted by atomic mass is 9.76. The molecule has 0 bridgehead atoms. The second kappa shape index (κ2) is 6.26. The first-order valence-electron chi connectivity index (χ1n) is 7.20. The van der Waals surface area contributed by atoms with Gasteiger partial charge in [-0.1, -0.05) is 19.8 Å². The summed E-state index contributed by atoms with van der Waals surface area (Å²) in [6.45, 7) is 2.06. The molecule has 2 rings (SSSR count). The van der Waals surface area contributed by atoms with E-state index in [4.69, 9.17) is 5.73 Å². The van der Waals surface area contributed by atoms with Crippen molar-refractivity contribution in [2.24, 2.45) is 11.7 Å². The van der Waals surface area contributed by atoms with Gasteiger partial charge in [-0.25, -0.2) is 9.78 Å². The Morgan fingerprint density at radius 1 is 1.67 bits per heavy atom. The number of hydrogen-bond donors (Lipinski definition) is 4. The molecule has 2 unspecified atom stereocenters. The number of hydrogen-bond acceptors (Lipinski definition) is 4. The van der Waals surface area contributed by atoms with Crippen molar-refractivity contribution >= 4 is 11.9 Å². The van der Waals surface area contributed by atoms with Gasteiger partial charge in [-0.2, -0.15) is 0 Å². The van der Waals surface area contributed by atoms with Crippen molar-refractivity contribution in [1.29, 1.82) is 0 Å². The number of carbonyl (C=O) groups excluding carboxylic acids is 1. The van der Waals surface area contributed by atoms with E-state index in [0.717, 1.165) is 12.8 Å². The first-order chi connectivity index (χ1) is 9.90. The summed E-state index contributed by atoms with van der Waals surface area (Å²) in [6.07, 6.45) is 6.32. The molecule has 5 N–H and O–H groups in total. The van der Waals surface area contributed by atoms with Gasteiger partial charge in [0.25, 0.3) is 0 Å². The highest BCUT2D eigenvalue weighted by atomic mass is 16.4. The molecule has 1 fully saturated rings. The third-order valence-corrected chi connectivity index (χ3v) is 4.07. The third-order valence-electron chi connectivity index (χ3n) is 4.07. The second-order valence-electron chi connectivity index (χ2n) is 6.00. The molecular formula is C14H22N4O3. The van der Waals surface area contributed by atoms with Crippen LogP contribution in [-0.4, -0.2) is 38.5 Å². The number of aliphatic carboxylic acids is 1. The van der Waals surface area contributed by atoms with Crippen molar-refractivity contribution in [3.05, 3.63) is 18.2 Å². The van der Waals surface area contributed by atoms with Crippen LogP contribution in [0.4, 0.5) is 0 Å². The molecule has 0 radical (unpaired) electrons. The first kappa shape index (κ1) is 15.5. The number of H-pyrrole nitrogens is 1. The molecule has 0 spiro atoms. The standard InChI is InChI=1S/C14H22N4O3/c1-9-3-2-4-14(15,6-9)13(21)18-11(12(19)20)5-10-7-16-8-17-10/h7-9,11H,2-6,15H2,1H3,(H,16,17)(H,18,21)(H,19,20)/t9?,11-,14?/m0/s1. The van der Waals surface area contributed by atoms with Gasteiger partial charge in [0.1, 0.15) is 6.04 Å². The van der Waals surface area contributed by atoms with Crippen molar-refractivity contribution in [3.63, 3.8) is 0 Å². The lowest BCUT2D eigenvalue weighted by Gasteiger charge is -2.36. The molecule has 1 amide bonds. The number of nitrogens with one attached hydrogen (secondary N) is 2. The SMILES string of the molecule is CC1CCCC(N)(C(=O)N[C@@H](Cc2cnc[nH]2)C(=O)O)C1. The zero-order valence-electron chi connectivity index (χ0n) is 12.1. The van der Waals surface area contributed by atoms with Gasteiger partial charge in [0.05, 0.1) is 11.9 Å². The largest absolute Gasteiger partial charge is 0.480 e. The number of nitrogens with zero attached hydrogens (tertiary/aromatic N) is 1. The van der Waals surface area contributed by atoms with Gasteiger partial charge in [-0.05, 0) is 18.8 Å². The third kappa shape index (κ3) is 3.81. The molecule has 1 aromatic heterocycles. The summed E-state index contributed by atoms with van der Waals surface area (Å²) in [6, 6.07) is -1.00. The number of carboxylic acid groups (broad SMARTS) is 1. The molecule has 1 saturated carbocycles. The van der Waals surface area contributed by atoms with Gasteiger partial charge in [0, 0.05) is 18.3 Å². The Hall–Kier alpha value is -1.89. The van der Waals surface area contributed by atoms with Crippen molar-refractivity contribution < 1.29 is 14.7 Å². The Morgan fingerprint density at radius 2 is 2.43 bits per heavy atom. The van der Waals surface area contributed by atoms with Gasteiger partial charge in [0.2, 0.25) is 5.91 Å².